The van der Waals surface area contributed by atoms with Gasteiger partial charge in [0.15, 0.2) is 17.5 Å². The SMILES string of the molecule is CCC1CCC(C2CC=C(c3cc(F)c(F)c(F)c3)CC2)CC1. The summed E-state index contributed by atoms with van der Waals surface area (Å²) in [6, 6.07) is 2.24. The van der Waals surface area contributed by atoms with E-state index in [1.165, 1.54) is 32.1 Å². The first kappa shape index (κ1) is 16.6. The van der Waals surface area contributed by atoms with Crippen molar-refractivity contribution in [1.82, 2.24) is 0 Å². The molecule has 1 fully saturated rings. The average molecular weight is 322 g/mol. The smallest absolute Gasteiger partial charge is 0.194 e. The van der Waals surface area contributed by atoms with Crippen LogP contribution in [0.1, 0.15) is 63.9 Å². The molecular formula is C20H25F3. The minimum Gasteiger partial charge on any atom is -0.204 e. The lowest BCUT2D eigenvalue weighted by Gasteiger charge is -2.35. The molecule has 1 aromatic carbocycles. The Kier molecular flexibility index (Phi) is 5.13. The highest BCUT2D eigenvalue weighted by atomic mass is 19.2. The van der Waals surface area contributed by atoms with Crippen molar-refractivity contribution in [2.75, 3.05) is 0 Å². The minimum atomic E-state index is -1.38. The molecule has 2 aliphatic carbocycles. The van der Waals surface area contributed by atoms with Crippen molar-refractivity contribution in [3.63, 3.8) is 0 Å². The molecule has 1 unspecified atom stereocenters. The maximum Gasteiger partial charge on any atom is 0.194 e. The molecule has 2 aliphatic rings. The molecule has 0 nitrogen and oxygen atoms in total. The van der Waals surface area contributed by atoms with Crippen LogP contribution >= 0.6 is 0 Å². The third kappa shape index (κ3) is 3.64. The van der Waals surface area contributed by atoms with E-state index in [1.807, 2.05) is 0 Å². The molecule has 0 bridgehead atoms. The molecule has 1 atom stereocenters. The second-order valence-electron chi connectivity index (χ2n) is 7.21. The number of hydrogen-bond donors (Lipinski definition) is 0. The van der Waals surface area contributed by atoms with Gasteiger partial charge in [0.1, 0.15) is 0 Å². The predicted molar refractivity (Wildman–Crippen MR) is 87.4 cm³/mol. The first-order valence-corrected chi connectivity index (χ1v) is 8.92. The van der Waals surface area contributed by atoms with Gasteiger partial charge >= 0.3 is 0 Å². The number of allylic oxidation sites excluding steroid dienone is 2. The Balaban J connectivity index is 1.65. The summed E-state index contributed by atoms with van der Waals surface area (Å²) >= 11 is 0. The van der Waals surface area contributed by atoms with Crippen LogP contribution in [0, 0.1) is 35.2 Å². The monoisotopic (exact) mass is 322 g/mol. The topological polar surface area (TPSA) is 0 Å². The van der Waals surface area contributed by atoms with E-state index in [-0.39, 0.29) is 0 Å². The molecule has 0 aliphatic heterocycles. The summed E-state index contributed by atoms with van der Waals surface area (Å²) in [4.78, 5) is 0. The molecule has 0 heterocycles. The van der Waals surface area contributed by atoms with Gasteiger partial charge in [-0.2, -0.15) is 0 Å². The van der Waals surface area contributed by atoms with Crippen LogP contribution in [-0.2, 0) is 0 Å². The Hall–Kier alpha value is -1.25. The van der Waals surface area contributed by atoms with Crippen molar-refractivity contribution in [3.8, 4) is 0 Å². The van der Waals surface area contributed by atoms with E-state index in [1.54, 1.807) is 0 Å². The van der Waals surface area contributed by atoms with Gasteiger partial charge in [0, 0.05) is 0 Å². The van der Waals surface area contributed by atoms with Crippen molar-refractivity contribution < 1.29 is 13.2 Å². The quantitative estimate of drug-likeness (QED) is 0.557. The molecule has 1 aromatic rings. The van der Waals surface area contributed by atoms with Crippen molar-refractivity contribution in [2.24, 2.45) is 17.8 Å². The lowest BCUT2D eigenvalue weighted by Crippen LogP contribution is -2.23. The highest BCUT2D eigenvalue weighted by Crippen LogP contribution is 2.41. The molecule has 3 rings (SSSR count). The summed E-state index contributed by atoms with van der Waals surface area (Å²) in [5.41, 5.74) is 1.45. The number of halogens is 3. The van der Waals surface area contributed by atoms with Crippen molar-refractivity contribution in [2.45, 2.75) is 58.3 Å². The summed E-state index contributed by atoms with van der Waals surface area (Å²) in [5, 5.41) is 0. The molecule has 0 N–H and O–H groups in total. The van der Waals surface area contributed by atoms with E-state index >= 15 is 0 Å². The van der Waals surface area contributed by atoms with Gasteiger partial charge in [-0.3, -0.25) is 0 Å². The van der Waals surface area contributed by atoms with Gasteiger partial charge in [-0.15, -0.1) is 0 Å². The zero-order valence-electron chi connectivity index (χ0n) is 13.8. The molecule has 1 saturated carbocycles. The van der Waals surface area contributed by atoms with Crippen LogP contribution in [0.3, 0.4) is 0 Å². The van der Waals surface area contributed by atoms with E-state index in [0.29, 0.717) is 11.5 Å². The fraction of sp³-hybridized carbons (Fsp3) is 0.600. The summed E-state index contributed by atoms with van der Waals surface area (Å²) in [6.45, 7) is 2.28. The predicted octanol–water partition coefficient (Wildman–Crippen LogP) is 6.50. The van der Waals surface area contributed by atoms with Crippen LogP contribution in [0.4, 0.5) is 13.2 Å². The minimum absolute atomic E-state index is 0.495. The van der Waals surface area contributed by atoms with Gasteiger partial charge in [-0.1, -0.05) is 32.3 Å². The van der Waals surface area contributed by atoms with Crippen LogP contribution in [0.2, 0.25) is 0 Å². The molecule has 0 saturated heterocycles. The summed E-state index contributed by atoms with van der Waals surface area (Å²) in [6.07, 6.45) is 11.7. The summed E-state index contributed by atoms with van der Waals surface area (Å²) in [5.74, 6) is -1.16. The van der Waals surface area contributed by atoms with E-state index in [0.717, 1.165) is 48.8 Å². The highest BCUT2D eigenvalue weighted by molar-refractivity contribution is 5.66. The van der Waals surface area contributed by atoms with Crippen molar-refractivity contribution in [1.29, 1.82) is 0 Å². The lowest BCUT2D eigenvalue weighted by atomic mass is 9.70. The number of rotatable bonds is 3. The molecule has 0 radical (unpaired) electrons. The van der Waals surface area contributed by atoms with E-state index in [4.69, 9.17) is 0 Å². The zero-order valence-corrected chi connectivity index (χ0v) is 13.8. The largest absolute Gasteiger partial charge is 0.204 e. The van der Waals surface area contributed by atoms with Crippen LogP contribution in [0.15, 0.2) is 18.2 Å². The van der Waals surface area contributed by atoms with Crippen LogP contribution < -0.4 is 0 Å². The first-order chi connectivity index (χ1) is 11.1. The van der Waals surface area contributed by atoms with Crippen LogP contribution in [-0.4, -0.2) is 0 Å². The Morgan fingerprint density at radius 1 is 0.913 bits per heavy atom. The van der Waals surface area contributed by atoms with Crippen molar-refractivity contribution in [3.05, 3.63) is 41.2 Å². The van der Waals surface area contributed by atoms with Gasteiger partial charge in [0.05, 0.1) is 0 Å². The molecule has 0 spiro atoms. The molecule has 0 amide bonds. The second kappa shape index (κ2) is 7.11. The maximum atomic E-state index is 13.4. The Labute approximate surface area is 136 Å². The standard InChI is InChI=1S/C20H25F3/c1-2-13-3-5-14(6-4-13)15-7-9-16(10-8-15)17-11-18(21)20(23)19(22)12-17/h9,11-15H,2-8,10H2,1H3. The van der Waals surface area contributed by atoms with Gasteiger partial charge < -0.3 is 0 Å². The van der Waals surface area contributed by atoms with E-state index in [9.17, 15) is 13.2 Å². The summed E-state index contributed by atoms with van der Waals surface area (Å²) < 4.78 is 39.9. The number of benzene rings is 1. The molecule has 3 heteroatoms. The average Bonchev–Trinajstić information content (AvgIpc) is 2.59. The fourth-order valence-electron chi connectivity index (χ4n) is 4.35. The normalized spacial score (nSPS) is 28.5. The maximum absolute atomic E-state index is 13.4. The molecular weight excluding hydrogens is 297 g/mol. The van der Waals surface area contributed by atoms with Gasteiger partial charge in [0.25, 0.3) is 0 Å². The molecule has 23 heavy (non-hydrogen) atoms. The number of hydrogen-bond acceptors (Lipinski definition) is 0. The lowest BCUT2D eigenvalue weighted by molar-refractivity contribution is 0.192. The van der Waals surface area contributed by atoms with Gasteiger partial charge in [-0.25, -0.2) is 13.2 Å². The fourth-order valence-corrected chi connectivity index (χ4v) is 4.35. The van der Waals surface area contributed by atoms with E-state index < -0.39 is 17.5 Å². The van der Waals surface area contributed by atoms with Crippen LogP contribution in [0.5, 0.6) is 0 Å². The third-order valence-electron chi connectivity index (χ3n) is 5.94. The Bertz CT molecular complexity index is 560. The van der Waals surface area contributed by atoms with Crippen LogP contribution in [0.25, 0.3) is 5.57 Å². The molecule has 126 valence electrons. The first-order valence-electron chi connectivity index (χ1n) is 8.92. The second-order valence-corrected chi connectivity index (χ2v) is 7.21. The summed E-state index contributed by atoms with van der Waals surface area (Å²) in [7, 11) is 0. The zero-order chi connectivity index (χ0) is 16.4. The van der Waals surface area contributed by atoms with Gasteiger partial charge in [0.2, 0.25) is 0 Å². The highest BCUT2D eigenvalue weighted by Gasteiger charge is 2.28. The van der Waals surface area contributed by atoms with Crippen molar-refractivity contribution >= 4 is 5.57 Å². The Morgan fingerprint density at radius 3 is 2.09 bits per heavy atom. The van der Waals surface area contributed by atoms with E-state index in [2.05, 4.69) is 13.0 Å². The molecule has 0 aromatic heterocycles. The van der Waals surface area contributed by atoms with Gasteiger partial charge in [-0.05, 0) is 73.1 Å². The third-order valence-corrected chi connectivity index (χ3v) is 5.94. The Morgan fingerprint density at radius 2 is 1.57 bits per heavy atom.